The molecule has 2 aromatic rings. The zero-order valence-electron chi connectivity index (χ0n) is 11.3. The molecule has 0 radical (unpaired) electrons. The van der Waals surface area contributed by atoms with Crippen molar-refractivity contribution in [2.24, 2.45) is 0 Å². The minimum Gasteiger partial charge on any atom is -0.481 e. The molecule has 1 aromatic heterocycles. The summed E-state index contributed by atoms with van der Waals surface area (Å²) < 4.78 is 0. The number of aromatic nitrogens is 1. The molecule has 1 atom stereocenters. The average molecular weight is 275 g/mol. The third kappa shape index (κ3) is 3.20. The summed E-state index contributed by atoms with van der Waals surface area (Å²) in [7, 11) is 0. The maximum Gasteiger partial charge on any atom is 0.304 e. The second-order valence-corrected chi connectivity index (χ2v) is 5.78. The Labute approximate surface area is 116 Å². The van der Waals surface area contributed by atoms with Gasteiger partial charge in [-0.3, -0.25) is 4.79 Å². The number of carbonyl (C=O) groups is 1. The normalized spacial score (nSPS) is 12.4. The van der Waals surface area contributed by atoms with E-state index in [-0.39, 0.29) is 12.3 Å². The Balaban J connectivity index is 2.30. The van der Waals surface area contributed by atoms with Gasteiger partial charge >= 0.3 is 5.97 Å². The number of nitrogens with zero attached hydrogens (tertiary/aromatic N) is 1. The van der Waals surface area contributed by atoms with Gasteiger partial charge in [0.1, 0.15) is 0 Å². The number of carboxylic acids is 1. The van der Waals surface area contributed by atoms with Crippen molar-refractivity contribution in [2.75, 3.05) is 0 Å². The zero-order valence-corrected chi connectivity index (χ0v) is 12.1. The largest absolute Gasteiger partial charge is 0.481 e. The van der Waals surface area contributed by atoms with E-state index in [1.807, 2.05) is 12.3 Å². The highest BCUT2D eigenvalue weighted by Gasteiger charge is 2.15. The van der Waals surface area contributed by atoms with Crippen LogP contribution in [-0.4, -0.2) is 16.1 Å². The second-order valence-electron chi connectivity index (χ2n) is 4.89. The predicted octanol–water partition coefficient (Wildman–Crippen LogP) is 4.01. The van der Waals surface area contributed by atoms with Crippen LogP contribution in [0.5, 0.6) is 0 Å². The van der Waals surface area contributed by atoms with Crippen LogP contribution in [0, 0.1) is 13.8 Å². The van der Waals surface area contributed by atoms with Gasteiger partial charge in [0.25, 0.3) is 0 Å². The molecule has 4 heteroatoms. The summed E-state index contributed by atoms with van der Waals surface area (Å²) in [4.78, 5) is 15.3. The van der Waals surface area contributed by atoms with Crippen LogP contribution in [0.3, 0.4) is 0 Å². The first-order valence-corrected chi connectivity index (χ1v) is 7.10. The van der Waals surface area contributed by atoms with Crippen molar-refractivity contribution in [1.82, 2.24) is 4.98 Å². The van der Waals surface area contributed by atoms with Crippen LogP contribution in [-0.2, 0) is 4.79 Å². The molecule has 3 nitrogen and oxygen atoms in total. The number of aryl methyl sites for hydroxylation is 2. The van der Waals surface area contributed by atoms with E-state index in [4.69, 9.17) is 5.11 Å². The van der Waals surface area contributed by atoms with E-state index in [2.05, 4.69) is 37.0 Å². The Kier molecular flexibility index (Phi) is 4.00. The number of aliphatic carboxylic acids is 1. The lowest BCUT2D eigenvalue weighted by atomic mass is 10.0. The number of rotatable bonds is 4. The summed E-state index contributed by atoms with van der Waals surface area (Å²) in [5.41, 5.74) is 4.46. The molecule has 0 saturated carbocycles. The lowest BCUT2D eigenvalue weighted by molar-refractivity contribution is -0.137. The van der Waals surface area contributed by atoms with Crippen LogP contribution < -0.4 is 0 Å². The zero-order chi connectivity index (χ0) is 14.0. The van der Waals surface area contributed by atoms with Crippen LogP contribution in [0.25, 0.3) is 11.3 Å². The number of benzene rings is 1. The Hall–Kier alpha value is -1.68. The maximum atomic E-state index is 10.7. The summed E-state index contributed by atoms with van der Waals surface area (Å²) in [6, 6.07) is 6.29. The lowest BCUT2D eigenvalue weighted by Crippen LogP contribution is -2.02. The van der Waals surface area contributed by atoms with E-state index in [9.17, 15) is 4.79 Å². The van der Waals surface area contributed by atoms with Crippen molar-refractivity contribution in [3.63, 3.8) is 0 Å². The van der Waals surface area contributed by atoms with E-state index in [0.717, 1.165) is 16.3 Å². The van der Waals surface area contributed by atoms with Crippen molar-refractivity contribution < 1.29 is 9.90 Å². The fraction of sp³-hybridized carbons (Fsp3) is 0.333. The number of thiazole rings is 1. The molecular formula is C15H17NO2S. The molecule has 1 aromatic carbocycles. The van der Waals surface area contributed by atoms with Crippen molar-refractivity contribution >= 4 is 17.3 Å². The fourth-order valence-electron chi connectivity index (χ4n) is 2.00. The Morgan fingerprint density at radius 1 is 1.42 bits per heavy atom. The Morgan fingerprint density at radius 2 is 2.16 bits per heavy atom. The number of carboxylic acid groups (broad SMARTS) is 1. The van der Waals surface area contributed by atoms with Crippen LogP contribution >= 0.6 is 11.3 Å². The topological polar surface area (TPSA) is 50.2 Å². The van der Waals surface area contributed by atoms with Crippen molar-refractivity contribution in [2.45, 2.75) is 33.1 Å². The van der Waals surface area contributed by atoms with E-state index < -0.39 is 5.97 Å². The smallest absolute Gasteiger partial charge is 0.304 e. The standard InChI is InChI=1S/C15H17NO2S/c1-9-4-5-10(2)12(6-9)13-8-19-15(16-13)11(3)7-14(17)18/h4-6,8,11H,7H2,1-3H3,(H,17,18). The summed E-state index contributed by atoms with van der Waals surface area (Å²) in [5, 5.41) is 11.7. The molecule has 0 saturated heterocycles. The molecule has 0 spiro atoms. The van der Waals surface area contributed by atoms with Crippen LogP contribution in [0.15, 0.2) is 23.6 Å². The molecule has 0 aliphatic heterocycles. The first kappa shape index (κ1) is 13.7. The van der Waals surface area contributed by atoms with E-state index in [1.165, 1.54) is 22.5 Å². The Morgan fingerprint density at radius 3 is 2.84 bits per heavy atom. The highest BCUT2D eigenvalue weighted by Crippen LogP contribution is 2.30. The number of hydrogen-bond donors (Lipinski definition) is 1. The predicted molar refractivity (Wildman–Crippen MR) is 77.7 cm³/mol. The van der Waals surface area contributed by atoms with E-state index in [0.29, 0.717) is 0 Å². The summed E-state index contributed by atoms with van der Waals surface area (Å²) in [6.45, 7) is 6.03. The molecule has 0 amide bonds. The van der Waals surface area contributed by atoms with Crippen LogP contribution in [0.2, 0.25) is 0 Å². The van der Waals surface area contributed by atoms with Gasteiger partial charge in [0.05, 0.1) is 17.1 Å². The minimum atomic E-state index is -0.781. The molecule has 1 unspecified atom stereocenters. The van der Waals surface area contributed by atoms with Gasteiger partial charge in [0.2, 0.25) is 0 Å². The molecule has 0 bridgehead atoms. The quantitative estimate of drug-likeness (QED) is 0.917. The highest BCUT2D eigenvalue weighted by molar-refractivity contribution is 7.10. The van der Waals surface area contributed by atoms with Gasteiger partial charge in [-0.15, -0.1) is 11.3 Å². The first-order chi connectivity index (χ1) is 8.97. The van der Waals surface area contributed by atoms with Crippen molar-refractivity contribution in [1.29, 1.82) is 0 Å². The van der Waals surface area contributed by atoms with Gasteiger partial charge in [-0.25, -0.2) is 4.98 Å². The maximum absolute atomic E-state index is 10.7. The second kappa shape index (κ2) is 5.53. The van der Waals surface area contributed by atoms with Crippen LogP contribution in [0.1, 0.15) is 35.4 Å². The summed E-state index contributed by atoms with van der Waals surface area (Å²) in [5.74, 6) is -0.822. The molecule has 100 valence electrons. The third-order valence-corrected chi connectivity index (χ3v) is 4.17. The summed E-state index contributed by atoms with van der Waals surface area (Å²) >= 11 is 1.53. The molecule has 0 fully saturated rings. The van der Waals surface area contributed by atoms with Gasteiger partial charge in [0, 0.05) is 16.9 Å². The molecular weight excluding hydrogens is 258 g/mol. The first-order valence-electron chi connectivity index (χ1n) is 6.22. The monoisotopic (exact) mass is 275 g/mol. The van der Waals surface area contributed by atoms with Crippen LogP contribution in [0.4, 0.5) is 0 Å². The van der Waals surface area contributed by atoms with Crippen molar-refractivity contribution in [3.05, 3.63) is 39.7 Å². The fourth-order valence-corrected chi connectivity index (χ4v) is 2.88. The highest BCUT2D eigenvalue weighted by atomic mass is 32.1. The summed E-state index contributed by atoms with van der Waals surface area (Å²) in [6.07, 6.45) is 0.125. The van der Waals surface area contributed by atoms with Crippen molar-refractivity contribution in [3.8, 4) is 11.3 Å². The van der Waals surface area contributed by atoms with Gasteiger partial charge in [-0.2, -0.15) is 0 Å². The third-order valence-electron chi connectivity index (χ3n) is 3.09. The van der Waals surface area contributed by atoms with Gasteiger partial charge < -0.3 is 5.11 Å². The lowest BCUT2D eigenvalue weighted by Gasteiger charge is -2.05. The van der Waals surface area contributed by atoms with Gasteiger partial charge in [-0.1, -0.05) is 24.6 Å². The SMILES string of the molecule is Cc1ccc(C)c(-c2csc(C(C)CC(=O)O)n2)c1. The molecule has 0 aliphatic rings. The van der Waals surface area contributed by atoms with Gasteiger partial charge in [-0.05, 0) is 25.5 Å². The minimum absolute atomic E-state index is 0.0404. The molecule has 19 heavy (non-hydrogen) atoms. The molecule has 1 N–H and O–H groups in total. The Bertz CT molecular complexity index is 604. The molecule has 0 aliphatic carbocycles. The van der Waals surface area contributed by atoms with E-state index >= 15 is 0 Å². The molecule has 2 rings (SSSR count). The average Bonchev–Trinajstić information content (AvgIpc) is 2.80. The number of hydrogen-bond acceptors (Lipinski definition) is 3. The van der Waals surface area contributed by atoms with E-state index in [1.54, 1.807) is 0 Å². The van der Waals surface area contributed by atoms with Gasteiger partial charge in [0.15, 0.2) is 0 Å². The molecule has 1 heterocycles.